The van der Waals surface area contributed by atoms with Gasteiger partial charge in [-0.15, -0.1) is 0 Å². The van der Waals surface area contributed by atoms with E-state index in [9.17, 15) is 18.0 Å². The molecule has 9 nitrogen and oxygen atoms in total. The van der Waals surface area contributed by atoms with Gasteiger partial charge < -0.3 is 19.7 Å². The second-order valence-electron chi connectivity index (χ2n) is 12.4. The zero-order chi connectivity index (χ0) is 34.8. The summed E-state index contributed by atoms with van der Waals surface area (Å²) < 4.78 is 40.4. The number of benzene rings is 4. The van der Waals surface area contributed by atoms with Crippen LogP contribution in [0.4, 0.5) is 5.69 Å². The molecule has 0 heterocycles. The maximum Gasteiger partial charge on any atom is 0.264 e. The first-order chi connectivity index (χ1) is 23.7. The first kappa shape index (κ1) is 35.5. The van der Waals surface area contributed by atoms with E-state index in [1.807, 2.05) is 61.5 Å². The fourth-order valence-corrected chi connectivity index (χ4v) is 7.59. The summed E-state index contributed by atoms with van der Waals surface area (Å²) in [7, 11) is -1.14. The maximum absolute atomic E-state index is 14.7. The number of rotatable bonds is 14. The molecule has 1 saturated carbocycles. The van der Waals surface area contributed by atoms with Crippen LogP contribution < -0.4 is 19.1 Å². The van der Waals surface area contributed by atoms with Crippen LogP contribution in [-0.2, 0) is 32.6 Å². The number of hydrogen-bond donors (Lipinski definition) is 1. The van der Waals surface area contributed by atoms with Gasteiger partial charge in [0.05, 0.1) is 24.8 Å². The molecule has 1 aliphatic carbocycles. The number of methoxy groups -OCH3 is 2. The Balaban J connectivity index is 1.57. The van der Waals surface area contributed by atoms with Crippen LogP contribution in [0.5, 0.6) is 11.5 Å². The molecule has 1 atom stereocenters. The van der Waals surface area contributed by atoms with E-state index in [1.54, 1.807) is 43.5 Å². The van der Waals surface area contributed by atoms with Crippen LogP contribution in [-0.4, -0.2) is 58.0 Å². The van der Waals surface area contributed by atoms with Crippen LogP contribution in [0, 0.1) is 6.92 Å². The zero-order valence-electron chi connectivity index (χ0n) is 28.4. The third-order valence-electron chi connectivity index (χ3n) is 8.96. The topological polar surface area (TPSA) is 105 Å². The molecule has 0 saturated heterocycles. The summed E-state index contributed by atoms with van der Waals surface area (Å²) >= 11 is 0. The highest BCUT2D eigenvalue weighted by Crippen LogP contribution is 2.27. The Hall–Kier alpha value is -4.83. The molecule has 1 aliphatic rings. The molecular formula is C39H45N3O6S. The third-order valence-corrected chi connectivity index (χ3v) is 10.7. The summed E-state index contributed by atoms with van der Waals surface area (Å²) in [5.74, 6) is 0.348. The summed E-state index contributed by atoms with van der Waals surface area (Å²) in [5.41, 5.74) is 2.91. The monoisotopic (exact) mass is 683 g/mol. The second-order valence-corrected chi connectivity index (χ2v) is 14.3. The van der Waals surface area contributed by atoms with Crippen molar-refractivity contribution in [3.05, 3.63) is 120 Å². The molecule has 4 aromatic carbocycles. The van der Waals surface area contributed by atoms with Crippen LogP contribution in [0.1, 0.15) is 48.8 Å². The Morgan fingerprint density at radius 1 is 0.796 bits per heavy atom. The van der Waals surface area contributed by atoms with Gasteiger partial charge in [0.25, 0.3) is 10.0 Å². The van der Waals surface area contributed by atoms with E-state index in [4.69, 9.17) is 9.47 Å². The van der Waals surface area contributed by atoms with Crippen molar-refractivity contribution in [2.45, 2.75) is 69.0 Å². The molecule has 0 unspecified atom stereocenters. The van der Waals surface area contributed by atoms with Gasteiger partial charge in [-0.1, -0.05) is 79.4 Å². The molecule has 1 fully saturated rings. The summed E-state index contributed by atoms with van der Waals surface area (Å²) in [6.45, 7) is 1.45. The van der Waals surface area contributed by atoms with Crippen molar-refractivity contribution in [2.24, 2.45) is 0 Å². The lowest BCUT2D eigenvalue weighted by atomic mass is 9.94. The fourth-order valence-electron chi connectivity index (χ4n) is 6.18. The Morgan fingerprint density at radius 2 is 1.45 bits per heavy atom. The van der Waals surface area contributed by atoms with Crippen molar-refractivity contribution in [3.8, 4) is 11.5 Å². The predicted octanol–water partition coefficient (Wildman–Crippen LogP) is 6.30. The van der Waals surface area contributed by atoms with Gasteiger partial charge in [-0.3, -0.25) is 13.9 Å². The molecule has 0 aliphatic heterocycles. The number of ether oxygens (including phenoxy) is 2. The quantitative estimate of drug-likeness (QED) is 0.167. The van der Waals surface area contributed by atoms with Gasteiger partial charge >= 0.3 is 0 Å². The molecule has 258 valence electrons. The van der Waals surface area contributed by atoms with Crippen LogP contribution in [0.2, 0.25) is 0 Å². The number of anilines is 1. The molecule has 5 rings (SSSR count). The van der Waals surface area contributed by atoms with E-state index < -0.39 is 28.5 Å². The lowest BCUT2D eigenvalue weighted by molar-refractivity contribution is -0.140. The molecule has 1 N–H and O–H groups in total. The van der Waals surface area contributed by atoms with Crippen LogP contribution in [0.3, 0.4) is 0 Å². The predicted molar refractivity (Wildman–Crippen MR) is 191 cm³/mol. The minimum absolute atomic E-state index is 0.0110. The minimum Gasteiger partial charge on any atom is -0.497 e. The first-order valence-electron chi connectivity index (χ1n) is 16.7. The van der Waals surface area contributed by atoms with Crippen molar-refractivity contribution in [3.63, 3.8) is 0 Å². The number of carbonyl (C=O) groups excluding carboxylic acids is 2. The summed E-state index contributed by atoms with van der Waals surface area (Å²) in [6, 6.07) is 29.1. The summed E-state index contributed by atoms with van der Waals surface area (Å²) in [6.07, 6.45) is 5.23. The highest BCUT2D eigenvalue weighted by atomic mass is 32.2. The third kappa shape index (κ3) is 9.20. The normalized spacial score (nSPS) is 14.0. The smallest absolute Gasteiger partial charge is 0.264 e. The van der Waals surface area contributed by atoms with Gasteiger partial charge in [-0.2, -0.15) is 0 Å². The Bertz CT molecular complexity index is 1790. The largest absolute Gasteiger partial charge is 0.497 e. The number of nitrogens with one attached hydrogen (secondary N) is 1. The second kappa shape index (κ2) is 16.5. The minimum atomic E-state index is -4.22. The van der Waals surface area contributed by atoms with E-state index in [1.165, 1.54) is 24.1 Å². The fraction of sp³-hybridized carbons (Fsp3) is 0.333. The average Bonchev–Trinajstić information content (AvgIpc) is 3.13. The SMILES string of the molecule is COc1ccc(S(=O)(=O)N(CC(=O)N(Cc2cccc(OC)c2)[C@H](Cc2ccccc2)C(=O)NC2CCCCC2)c2ccc(C)cc2)cc1. The van der Waals surface area contributed by atoms with Crippen LogP contribution in [0.15, 0.2) is 108 Å². The van der Waals surface area contributed by atoms with Crippen molar-refractivity contribution < 1.29 is 27.5 Å². The van der Waals surface area contributed by atoms with E-state index in [-0.39, 0.29) is 29.8 Å². The van der Waals surface area contributed by atoms with Gasteiger partial charge in [-0.05, 0) is 79.4 Å². The van der Waals surface area contributed by atoms with E-state index >= 15 is 0 Å². The molecule has 0 spiro atoms. The Kier molecular flexibility index (Phi) is 12.0. The maximum atomic E-state index is 14.7. The number of carbonyl (C=O) groups is 2. The lowest BCUT2D eigenvalue weighted by Gasteiger charge is -2.35. The molecular weight excluding hydrogens is 639 g/mol. The highest BCUT2D eigenvalue weighted by Gasteiger charge is 2.35. The molecule has 0 bridgehead atoms. The van der Waals surface area contributed by atoms with Crippen molar-refractivity contribution in [1.29, 1.82) is 0 Å². The molecule has 0 radical (unpaired) electrons. The standard InChI is InChI=1S/C39H45N3O6S/c1-29-17-19-33(20-18-29)42(49(45,46)36-23-21-34(47-2)22-24-36)28-38(43)41(27-31-13-10-16-35(25-31)48-3)37(26-30-11-6-4-7-12-30)39(44)40-32-14-8-5-9-15-32/h4,6-7,10-13,16-25,32,37H,5,8-9,14-15,26-28H2,1-3H3,(H,40,44)/t37-/m1/s1. The van der Waals surface area contributed by atoms with Gasteiger partial charge in [0.15, 0.2) is 0 Å². The molecule has 49 heavy (non-hydrogen) atoms. The van der Waals surface area contributed by atoms with E-state index in [0.717, 1.165) is 53.1 Å². The number of sulfonamides is 1. The average molecular weight is 684 g/mol. The van der Waals surface area contributed by atoms with Gasteiger partial charge in [0, 0.05) is 19.0 Å². The molecule has 0 aromatic heterocycles. The summed E-state index contributed by atoms with van der Waals surface area (Å²) in [5, 5.41) is 3.24. The van der Waals surface area contributed by atoms with Crippen LogP contribution in [0.25, 0.3) is 0 Å². The molecule has 10 heteroatoms. The van der Waals surface area contributed by atoms with Crippen molar-refractivity contribution >= 4 is 27.5 Å². The highest BCUT2D eigenvalue weighted by molar-refractivity contribution is 7.92. The Labute approximate surface area is 289 Å². The summed E-state index contributed by atoms with van der Waals surface area (Å²) in [4.78, 5) is 30.6. The van der Waals surface area contributed by atoms with Crippen molar-refractivity contribution in [1.82, 2.24) is 10.2 Å². The number of aryl methyl sites for hydroxylation is 1. The number of nitrogens with zero attached hydrogens (tertiary/aromatic N) is 2. The van der Waals surface area contributed by atoms with Crippen LogP contribution >= 0.6 is 0 Å². The van der Waals surface area contributed by atoms with Gasteiger partial charge in [0.2, 0.25) is 11.8 Å². The zero-order valence-corrected chi connectivity index (χ0v) is 29.2. The Morgan fingerprint density at radius 3 is 2.10 bits per heavy atom. The van der Waals surface area contributed by atoms with E-state index in [0.29, 0.717) is 17.2 Å². The van der Waals surface area contributed by atoms with Gasteiger partial charge in [0.1, 0.15) is 24.1 Å². The molecule has 4 aromatic rings. The van der Waals surface area contributed by atoms with Gasteiger partial charge in [-0.25, -0.2) is 8.42 Å². The molecule has 2 amide bonds. The van der Waals surface area contributed by atoms with E-state index in [2.05, 4.69) is 5.32 Å². The number of hydrogen-bond acceptors (Lipinski definition) is 6. The first-order valence-corrected chi connectivity index (χ1v) is 18.1. The van der Waals surface area contributed by atoms with Crippen molar-refractivity contribution in [2.75, 3.05) is 25.1 Å². The lowest BCUT2D eigenvalue weighted by Crippen LogP contribution is -2.55. The number of amides is 2.